The second-order valence-electron chi connectivity index (χ2n) is 8.62. The van der Waals surface area contributed by atoms with Crippen molar-refractivity contribution >= 4 is 41.0 Å². The fourth-order valence-electron chi connectivity index (χ4n) is 4.59. The SMILES string of the molecule is O=C(C[P+](c1ccccc1)(c1ccccc1)c1ccccc1)C1=CC(/C=C/c2ccccc2)OC1=O.[Br-]. The number of hydrogen-bond acceptors (Lipinski definition) is 3. The van der Waals surface area contributed by atoms with Crippen molar-refractivity contribution in [2.24, 2.45) is 0 Å². The third kappa shape index (κ3) is 5.72. The van der Waals surface area contributed by atoms with Gasteiger partial charge in [-0.3, -0.25) is 4.79 Å². The Kier molecular flexibility index (Phi) is 8.66. The van der Waals surface area contributed by atoms with E-state index in [9.17, 15) is 9.59 Å². The molecule has 4 aromatic rings. The molecule has 0 aromatic heterocycles. The maximum absolute atomic E-state index is 13.8. The lowest BCUT2D eigenvalue weighted by atomic mass is 10.1. The molecule has 184 valence electrons. The number of rotatable bonds is 8. The van der Waals surface area contributed by atoms with Crippen molar-refractivity contribution < 1.29 is 31.3 Å². The molecular formula is C32H26BrO3P. The normalized spacial score (nSPS) is 15.1. The monoisotopic (exact) mass is 568 g/mol. The molecule has 4 aromatic carbocycles. The topological polar surface area (TPSA) is 43.4 Å². The minimum Gasteiger partial charge on any atom is -1.00 e. The van der Waals surface area contributed by atoms with Crippen LogP contribution in [-0.4, -0.2) is 24.0 Å². The molecule has 0 fully saturated rings. The van der Waals surface area contributed by atoms with E-state index in [0.717, 1.165) is 21.5 Å². The largest absolute Gasteiger partial charge is 1.00 e. The Bertz CT molecular complexity index is 1310. The van der Waals surface area contributed by atoms with Gasteiger partial charge in [0.2, 0.25) is 5.78 Å². The number of cyclic esters (lactones) is 1. The first-order chi connectivity index (χ1) is 17.7. The first kappa shape index (κ1) is 26.5. The first-order valence-electron chi connectivity index (χ1n) is 11.9. The fourth-order valence-corrected chi connectivity index (χ4v) is 8.68. The standard InChI is InChI=1S/C32H26O3P.BrH/c33-31(30-23-26(35-32(30)34)22-21-25-13-5-1-6-14-25)24-36(27-15-7-2-8-16-27,28-17-9-3-10-18-28)29-19-11-4-12-20-29;/h1-23,26H,24H2;1H/q+1;/p-1/b22-21+;. The second kappa shape index (κ2) is 12.1. The second-order valence-corrected chi connectivity index (χ2v) is 12.1. The molecule has 1 unspecified atom stereocenters. The Morgan fingerprint density at radius 2 is 1.14 bits per heavy atom. The van der Waals surface area contributed by atoms with Gasteiger partial charge in [0, 0.05) is 0 Å². The van der Waals surface area contributed by atoms with Gasteiger partial charge in [0.15, 0.2) is 0 Å². The average molecular weight is 569 g/mol. The molecule has 5 rings (SSSR count). The minimum atomic E-state index is -2.39. The third-order valence-corrected chi connectivity index (χ3v) is 10.6. The number of halogens is 1. The summed E-state index contributed by atoms with van der Waals surface area (Å²) >= 11 is 0. The number of ketones is 1. The smallest absolute Gasteiger partial charge is 0.342 e. The summed E-state index contributed by atoms with van der Waals surface area (Å²) in [6.07, 6.45) is 5.01. The van der Waals surface area contributed by atoms with E-state index in [2.05, 4.69) is 36.4 Å². The summed E-state index contributed by atoms with van der Waals surface area (Å²) in [7, 11) is -2.39. The van der Waals surface area contributed by atoms with Gasteiger partial charge in [-0.1, -0.05) is 91.0 Å². The summed E-state index contributed by atoms with van der Waals surface area (Å²) in [5.41, 5.74) is 1.13. The Labute approximate surface area is 228 Å². The van der Waals surface area contributed by atoms with Crippen LogP contribution in [0.25, 0.3) is 6.08 Å². The lowest BCUT2D eigenvalue weighted by Crippen LogP contribution is -3.00. The highest BCUT2D eigenvalue weighted by atomic mass is 79.9. The van der Waals surface area contributed by atoms with Crippen LogP contribution in [0.3, 0.4) is 0 Å². The van der Waals surface area contributed by atoms with Crippen LogP contribution >= 0.6 is 7.26 Å². The van der Waals surface area contributed by atoms with Crippen LogP contribution in [0.1, 0.15) is 5.56 Å². The van der Waals surface area contributed by atoms with Crippen LogP contribution in [0.2, 0.25) is 0 Å². The van der Waals surface area contributed by atoms with Gasteiger partial charge >= 0.3 is 5.97 Å². The summed E-state index contributed by atoms with van der Waals surface area (Å²) in [5.74, 6) is -0.754. The number of benzene rings is 4. The van der Waals surface area contributed by atoms with E-state index in [4.69, 9.17) is 4.74 Å². The van der Waals surface area contributed by atoms with Crippen molar-refractivity contribution in [1.82, 2.24) is 0 Å². The maximum atomic E-state index is 13.8. The van der Waals surface area contributed by atoms with Crippen LogP contribution in [0.15, 0.2) is 139 Å². The molecule has 5 heteroatoms. The van der Waals surface area contributed by atoms with Crippen LogP contribution < -0.4 is 32.9 Å². The van der Waals surface area contributed by atoms with Gasteiger partial charge in [0.25, 0.3) is 0 Å². The van der Waals surface area contributed by atoms with Gasteiger partial charge in [-0.25, -0.2) is 4.79 Å². The molecule has 1 aliphatic heterocycles. The van der Waals surface area contributed by atoms with Crippen molar-refractivity contribution in [3.63, 3.8) is 0 Å². The molecule has 0 bridgehead atoms. The summed E-state index contributed by atoms with van der Waals surface area (Å²) < 4.78 is 5.52. The summed E-state index contributed by atoms with van der Waals surface area (Å²) in [6, 6.07) is 40.3. The zero-order valence-corrected chi connectivity index (χ0v) is 22.6. The quantitative estimate of drug-likeness (QED) is 0.186. The molecule has 0 saturated heterocycles. The summed E-state index contributed by atoms with van der Waals surface area (Å²) in [5, 5.41) is 3.30. The van der Waals surface area contributed by atoms with E-state index < -0.39 is 19.3 Å². The summed E-state index contributed by atoms with van der Waals surface area (Å²) in [4.78, 5) is 26.6. The fraction of sp³-hybridized carbons (Fsp3) is 0.0625. The van der Waals surface area contributed by atoms with Gasteiger partial charge in [-0.2, -0.15) is 0 Å². The minimum absolute atomic E-state index is 0. The Balaban J connectivity index is 0.00000320. The van der Waals surface area contributed by atoms with Crippen LogP contribution in [-0.2, 0) is 14.3 Å². The van der Waals surface area contributed by atoms with Gasteiger partial charge in [0.05, 0.1) is 0 Å². The molecule has 0 N–H and O–H groups in total. The highest BCUT2D eigenvalue weighted by molar-refractivity contribution is 7.96. The Morgan fingerprint density at radius 3 is 1.59 bits per heavy atom. The molecule has 1 heterocycles. The van der Waals surface area contributed by atoms with Crippen LogP contribution in [0.5, 0.6) is 0 Å². The summed E-state index contributed by atoms with van der Waals surface area (Å²) in [6.45, 7) is 0. The number of carbonyl (C=O) groups is 2. The zero-order chi connectivity index (χ0) is 24.8. The molecule has 0 saturated carbocycles. The van der Waals surface area contributed by atoms with E-state index in [1.165, 1.54) is 0 Å². The van der Waals surface area contributed by atoms with Gasteiger partial charge < -0.3 is 21.7 Å². The van der Waals surface area contributed by atoms with Gasteiger partial charge in [0.1, 0.15) is 41.0 Å². The van der Waals surface area contributed by atoms with Crippen molar-refractivity contribution in [2.75, 3.05) is 6.16 Å². The number of esters is 1. The molecule has 1 atom stereocenters. The van der Waals surface area contributed by atoms with Crippen LogP contribution in [0.4, 0.5) is 0 Å². The molecule has 0 aliphatic carbocycles. The zero-order valence-electron chi connectivity index (χ0n) is 20.1. The number of ether oxygens (including phenoxy) is 1. The highest BCUT2D eigenvalue weighted by Gasteiger charge is 2.48. The molecule has 37 heavy (non-hydrogen) atoms. The number of hydrogen-bond donors (Lipinski definition) is 0. The van der Waals surface area contributed by atoms with Crippen molar-refractivity contribution in [3.8, 4) is 0 Å². The van der Waals surface area contributed by atoms with Crippen LogP contribution in [0, 0.1) is 0 Å². The van der Waals surface area contributed by atoms with Gasteiger partial charge in [-0.15, -0.1) is 0 Å². The lowest BCUT2D eigenvalue weighted by Gasteiger charge is -2.27. The first-order valence-corrected chi connectivity index (χ1v) is 13.9. The molecule has 1 aliphatic rings. The highest BCUT2D eigenvalue weighted by Crippen LogP contribution is 2.55. The molecular weight excluding hydrogens is 543 g/mol. The van der Waals surface area contributed by atoms with E-state index in [1.807, 2.05) is 97.1 Å². The molecule has 0 radical (unpaired) electrons. The van der Waals surface area contributed by atoms with Crippen molar-refractivity contribution in [2.45, 2.75) is 6.10 Å². The molecule has 3 nitrogen and oxygen atoms in total. The Morgan fingerprint density at radius 1 is 0.703 bits per heavy atom. The predicted octanol–water partition coefficient (Wildman–Crippen LogP) is 2.12. The van der Waals surface area contributed by atoms with Crippen molar-refractivity contribution in [1.29, 1.82) is 0 Å². The maximum Gasteiger partial charge on any atom is 0.342 e. The third-order valence-electron chi connectivity index (χ3n) is 6.34. The number of carbonyl (C=O) groups excluding carboxylic acids is 2. The Hall–Kier alpha value is -3.59. The van der Waals surface area contributed by atoms with Crippen molar-refractivity contribution in [3.05, 3.63) is 145 Å². The molecule has 0 spiro atoms. The average Bonchev–Trinajstić information content (AvgIpc) is 3.33. The van der Waals surface area contributed by atoms with E-state index in [-0.39, 0.29) is 34.5 Å². The predicted molar refractivity (Wildman–Crippen MR) is 148 cm³/mol. The van der Waals surface area contributed by atoms with E-state index >= 15 is 0 Å². The van der Waals surface area contributed by atoms with E-state index in [0.29, 0.717) is 0 Å². The lowest BCUT2D eigenvalue weighted by molar-refractivity contribution is -0.139. The van der Waals surface area contributed by atoms with Gasteiger partial charge in [-0.05, 0) is 54.1 Å². The number of Topliss-reactive ketones (excluding diaryl/α,β-unsaturated/α-hetero) is 1. The van der Waals surface area contributed by atoms with E-state index in [1.54, 1.807) is 6.08 Å². The molecule has 0 amide bonds.